The molecule has 0 atom stereocenters. The molecule has 0 fully saturated rings. The van der Waals surface area contributed by atoms with E-state index in [1.165, 1.54) is 55.3 Å². The van der Waals surface area contributed by atoms with E-state index >= 15 is 0 Å². The van der Waals surface area contributed by atoms with Crippen molar-refractivity contribution in [2.75, 3.05) is 4.90 Å². The molecule has 2 nitrogen and oxygen atoms in total. The van der Waals surface area contributed by atoms with Crippen LogP contribution in [-0.2, 0) is 0 Å². The lowest BCUT2D eigenvalue weighted by Crippen LogP contribution is -2.10. The van der Waals surface area contributed by atoms with Gasteiger partial charge >= 0.3 is 0 Å². The maximum Gasteiger partial charge on any atom is 0.160 e. The summed E-state index contributed by atoms with van der Waals surface area (Å²) in [6.45, 7) is 0. The van der Waals surface area contributed by atoms with Gasteiger partial charge in [0.15, 0.2) is 5.58 Å². The summed E-state index contributed by atoms with van der Waals surface area (Å²) >= 11 is 0. The average Bonchev–Trinajstić information content (AvgIpc) is 3.78. The van der Waals surface area contributed by atoms with E-state index in [1.807, 2.05) is 0 Å². The van der Waals surface area contributed by atoms with Crippen LogP contribution in [0, 0.1) is 0 Å². The number of hydrogen-bond acceptors (Lipinski definition) is 2. The Hall–Kier alpha value is -8.46. The molecule has 0 radical (unpaired) electrons. The van der Waals surface area contributed by atoms with Crippen LogP contribution in [0.1, 0.15) is 0 Å². The number of rotatable bonds is 8. The first-order valence-electron chi connectivity index (χ1n) is 21.9. The van der Waals surface area contributed by atoms with Gasteiger partial charge in [0.2, 0.25) is 0 Å². The van der Waals surface area contributed by atoms with E-state index in [-0.39, 0.29) is 0 Å². The summed E-state index contributed by atoms with van der Waals surface area (Å²) in [5.41, 5.74) is 16.4. The van der Waals surface area contributed by atoms with Crippen LogP contribution in [0.4, 0.5) is 17.1 Å². The van der Waals surface area contributed by atoms with Gasteiger partial charge in [0, 0.05) is 27.5 Å². The van der Waals surface area contributed by atoms with Crippen molar-refractivity contribution in [2.24, 2.45) is 0 Å². The molecule has 0 aliphatic heterocycles. The summed E-state index contributed by atoms with van der Waals surface area (Å²) in [7, 11) is 0. The molecule has 12 aromatic rings. The largest absolute Gasteiger partial charge is 0.453 e. The molecule has 0 aliphatic rings. The molecule has 1 heterocycles. The predicted octanol–water partition coefficient (Wildman–Crippen LogP) is 17.7. The topological polar surface area (TPSA) is 16.4 Å². The number of benzene rings is 11. The normalized spacial score (nSPS) is 11.4. The van der Waals surface area contributed by atoms with Gasteiger partial charge in [-0.05, 0) is 126 Å². The number of anilines is 3. The number of furan rings is 1. The lowest BCUT2D eigenvalue weighted by Gasteiger charge is -2.26. The van der Waals surface area contributed by atoms with E-state index < -0.39 is 0 Å². The molecule has 1 aromatic heterocycles. The maximum atomic E-state index is 7.31. The third-order valence-electron chi connectivity index (χ3n) is 12.6. The number of nitrogens with zero attached hydrogens (tertiary/aromatic N) is 1. The van der Waals surface area contributed by atoms with Gasteiger partial charge in [-0.3, -0.25) is 0 Å². The summed E-state index contributed by atoms with van der Waals surface area (Å²) in [4.78, 5) is 2.36. The molecule has 0 saturated carbocycles. The van der Waals surface area contributed by atoms with Crippen LogP contribution < -0.4 is 4.90 Å². The zero-order chi connectivity index (χ0) is 42.4. The van der Waals surface area contributed by atoms with Crippen LogP contribution in [0.25, 0.3) is 99.1 Å². The summed E-state index contributed by atoms with van der Waals surface area (Å²) < 4.78 is 7.31. The molecule has 0 saturated heterocycles. The van der Waals surface area contributed by atoms with E-state index in [2.05, 4.69) is 254 Å². The van der Waals surface area contributed by atoms with Crippen molar-refractivity contribution in [1.82, 2.24) is 0 Å². The summed E-state index contributed by atoms with van der Waals surface area (Å²) in [5, 5.41) is 6.88. The van der Waals surface area contributed by atoms with Crippen molar-refractivity contribution in [3.63, 3.8) is 0 Å². The van der Waals surface area contributed by atoms with Crippen molar-refractivity contribution < 1.29 is 4.42 Å². The third kappa shape index (κ3) is 6.61. The summed E-state index contributed by atoms with van der Waals surface area (Å²) in [5.74, 6) is 0. The Kier molecular flexibility index (Phi) is 9.20. The summed E-state index contributed by atoms with van der Waals surface area (Å²) in [6, 6.07) is 89.5. The van der Waals surface area contributed by atoms with Crippen LogP contribution in [-0.4, -0.2) is 0 Å². The molecule has 0 amide bonds. The van der Waals surface area contributed by atoms with Crippen LogP contribution >= 0.6 is 0 Å². The number of hydrogen-bond donors (Lipinski definition) is 0. The van der Waals surface area contributed by atoms with Gasteiger partial charge in [0.25, 0.3) is 0 Å². The molecule has 0 spiro atoms. The van der Waals surface area contributed by atoms with Gasteiger partial charge in [-0.25, -0.2) is 0 Å². The highest BCUT2D eigenvalue weighted by molar-refractivity contribution is 6.22. The fourth-order valence-corrected chi connectivity index (χ4v) is 9.52. The SMILES string of the molecule is c1ccc(-c2ccc(N(c3ccc(-c4cccc5ccccc45)cc3)c3ccc(-c4cc(-c5ccccc5)cc(-c5ccccc5)c4)c4c3oc3c5ccccc5ccc34)cc2)cc1. The Bertz CT molecular complexity index is 3570. The van der Waals surface area contributed by atoms with Crippen molar-refractivity contribution in [3.8, 4) is 55.6 Å². The molecule has 12 rings (SSSR count). The molecule has 300 valence electrons. The number of fused-ring (bicyclic) bond motifs is 6. The quantitative estimate of drug-likeness (QED) is 0.152. The third-order valence-corrected chi connectivity index (χ3v) is 12.6. The van der Waals surface area contributed by atoms with E-state index in [4.69, 9.17) is 4.42 Å². The second-order valence-corrected chi connectivity index (χ2v) is 16.5. The monoisotopic (exact) mass is 815 g/mol. The molecule has 64 heavy (non-hydrogen) atoms. The molecular formula is C62H41NO. The van der Waals surface area contributed by atoms with E-state index in [9.17, 15) is 0 Å². The van der Waals surface area contributed by atoms with Gasteiger partial charge in [-0.1, -0.05) is 194 Å². The Morgan fingerprint density at radius 1 is 0.266 bits per heavy atom. The van der Waals surface area contributed by atoms with Crippen molar-refractivity contribution in [3.05, 3.63) is 249 Å². The van der Waals surface area contributed by atoms with Crippen LogP contribution in [0.15, 0.2) is 253 Å². The Balaban J connectivity index is 1.10. The molecule has 0 bridgehead atoms. The molecule has 0 N–H and O–H groups in total. The van der Waals surface area contributed by atoms with E-state index in [1.54, 1.807) is 0 Å². The highest BCUT2D eigenvalue weighted by atomic mass is 16.3. The first-order valence-corrected chi connectivity index (χ1v) is 21.9. The standard InChI is InChI=1S/C62H41NO/c1-4-15-42(16-5-1)45-27-32-52(33-28-45)63(53-34-29-48(30-35-53)55-26-14-23-46-21-10-12-24-54(46)55)59-38-37-56(60-58-36-31-47-22-11-13-25-57(47)61(58)64-62(59)60)51-40-49(43-17-6-2-7-18-43)39-50(41-51)44-19-8-3-9-20-44/h1-41H. The minimum absolute atomic E-state index is 0.834. The molecule has 11 aromatic carbocycles. The van der Waals surface area contributed by atoms with Gasteiger partial charge in [-0.15, -0.1) is 0 Å². The van der Waals surface area contributed by atoms with Gasteiger partial charge in [0.1, 0.15) is 5.58 Å². The van der Waals surface area contributed by atoms with Crippen LogP contribution in [0.3, 0.4) is 0 Å². The van der Waals surface area contributed by atoms with E-state index in [0.29, 0.717) is 0 Å². The minimum Gasteiger partial charge on any atom is -0.453 e. The van der Waals surface area contributed by atoms with Crippen molar-refractivity contribution in [2.45, 2.75) is 0 Å². The first-order chi connectivity index (χ1) is 31.7. The first kappa shape index (κ1) is 37.3. The van der Waals surface area contributed by atoms with Crippen LogP contribution in [0.5, 0.6) is 0 Å². The zero-order valence-corrected chi connectivity index (χ0v) is 35.0. The van der Waals surface area contributed by atoms with Crippen molar-refractivity contribution >= 4 is 60.5 Å². The molecule has 0 unspecified atom stereocenters. The van der Waals surface area contributed by atoms with Gasteiger partial charge in [-0.2, -0.15) is 0 Å². The smallest absolute Gasteiger partial charge is 0.160 e. The maximum absolute atomic E-state index is 7.31. The zero-order valence-electron chi connectivity index (χ0n) is 35.0. The van der Waals surface area contributed by atoms with E-state index in [0.717, 1.165) is 60.9 Å². The van der Waals surface area contributed by atoms with Crippen molar-refractivity contribution in [1.29, 1.82) is 0 Å². The Morgan fingerprint density at radius 3 is 1.38 bits per heavy atom. The van der Waals surface area contributed by atoms with Gasteiger partial charge in [0.05, 0.1) is 5.69 Å². The highest BCUT2D eigenvalue weighted by Gasteiger charge is 2.24. The molecular weight excluding hydrogens is 775 g/mol. The lowest BCUT2D eigenvalue weighted by atomic mass is 9.91. The summed E-state index contributed by atoms with van der Waals surface area (Å²) in [6.07, 6.45) is 0. The minimum atomic E-state index is 0.834. The Labute approximate surface area is 372 Å². The second kappa shape index (κ2) is 15.8. The molecule has 0 aliphatic carbocycles. The highest BCUT2D eigenvalue weighted by Crippen LogP contribution is 2.48. The fourth-order valence-electron chi connectivity index (χ4n) is 9.52. The Morgan fingerprint density at radius 2 is 0.750 bits per heavy atom. The second-order valence-electron chi connectivity index (χ2n) is 16.5. The predicted molar refractivity (Wildman–Crippen MR) is 271 cm³/mol. The lowest BCUT2D eigenvalue weighted by molar-refractivity contribution is 0.673. The van der Waals surface area contributed by atoms with Gasteiger partial charge < -0.3 is 9.32 Å². The molecule has 2 heteroatoms. The average molecular weight is 816 g/mol. The van der Waals surface area contributed by atoms with Crippen LogP contribution in [0.2, 0.25) is 0 Å². The fraction of sp³-hybridized carbons (Fsp3) is 0.